The highest BCUT2D eigenvalue weighted by Crippen LogP contribution is 2.28. The summed E-state index contributed by atoms with van der Waals surface area (Å²) in [6.45, 7) is 4.23. The minimum atomic E-state index is -1.26. The van der Waals surface area contributed by atoms with Crippen molar-refractivity contribution in [3.63, 3.8) is 0 Å². The lowest BCUT2D eigenvalue weighted by atomic mass is 9.92. The minimum Gasteiger partial charge on any atom is -0.456 e. The van der Waals surface area contributed by atoms with E-state index < -0.39 is 36.6 Å². The van der Waals surface area contributed by atoms with E-state index in [2.05, 4.69) is 5.32 Å². The highest BCUT2D eigenvalue weighted by Gasteiger charge is 2.49. The van der Waals surface area contributed by atoms with Crippen LogP contribution in [0.2, 0.25) is 0 Å². The molecule has 150 valence electrons. The lowest BCUT2D eigenvalue weighted by Gasteiger charge is -2.21. The first-order valence-corrected chi connectivity index (χ1v) is 9.18. The van der Waals surface area contributed by atoms with Gasteiger partial charge in [0.25, 0.3) is 5.91 Å². The molecule has 1 heterocycles. The van der Waals surface area contributed by atoms with Crippen molar-refractivity contribution in [2.24, 2.45) is 0 Å². The van der Waals surface area contributed by atoms with Gasteiger partial charge in [0.15, 0.2) is 6.61 Å². The van der Waals surface area contributed by atoms with E-state index in [1.54, 1.807) is 50.2 Å². The average molecular weight is 394 g/mol. The van der Waals surface area contributed by atoms with E-state index >= 15 is 0 Å². The maximum Gasteiger partial charge on any atom is 0.326 e. The van der Waals surface area contributed by atoms with Crippen LogP contribution in [0.5, 0.6) is 0 Å². The Labute approximate surface area is 168 Å². The second-order valence-corrected chi connectivity index (χ2v) is 7.21. The van der Waals surface area contributed by atoms with Gasteiger partial charge in [0.05, 0.1) is 0 Å². The van der Waals surface area contributed by atoms with E-state index in [0.717, 1.165) is 16.0 Å². The zero-order valence-corrected chi connectivity index (χ0v) is 16.5. The van der Waals surface area contributed by atoms with Crippen LogP contribution in [0.1, 0.15) is 34.0 Å². The number of urea groups is 1. The molecule has 0 unspecified atom stereocenters. The van der Waals surface area contributed by atoms with E-state index in [1.165, 1.54) is 0 Å². The Kier molecular flexibility index (Phi) is 5.50. The Morgan fingerprint density at radius 1 is 1.07 bits per heavy atom. The number of ether oxygens (including phenoxy) is 1. The second kappa shape index (κ2) is 7.87. The van der Waals surface area contributed by atoms with Crippen molar-refractivity contribution in [1.29, 1.82) is 0 Å². The van der Waals surface area contributed by atoms with Gasteiger partial charge in [0.1, 0.15) is 12.1 Å². The number of benzene rings is 2. The van der Waals surface area contributed by atoms with E-state index in [9.17, 15) is 19.2 Å². The predicted octanol–water partition coefficient (Wildman–Crippen LogP) is 2.50. The number of carbonyl (C=O) groups excluding carboxylic acids is 4. The predicted molar refractivity (Wildman–Crippen MR) is 105 cm³/mol. The molecule has 0 radical (unpaired) electrons. The molecule has 0 bridgehead atoms. The zero-order chi connectivity index (χ0) is 21.2. The van der Waals surface area contributed by atoms with Gasteiger partial charge in [-0.25, -0.2) is 4.79 Å². The first-order chi connectivity index (χ1) is 13.7. The van der Waals surface area contributed by atoms with Gasteiger partial charge in [-0.2, -0.15) is 0 Å². The van der Waals surface area contributed by atoms with Gasteiger partial charge >= 0.3 is 12.0 Å². The number of imide groups is 1. The summed E-state index contributed by atoms with van der Waals surface area (Å²) < 4.78 is 5.02. The van der Waals surface area contributed by atoms with Gasteiger partial charge < -0.3 is 10.1 Å². The summed E-state index contributed by atoms with van der Waals surface area (Å²) in [5, 5.41) is 2.62. The molecule has 0 spiro atoms. The van der Waals surface area contributed by atoms with Crippen LogP contribution in [-0.2, 0) is 19.9 Å². The molecule has 7 nitrogen and oxygen atoms in total. The fourth-order valence-corrected chi connectivity index (χ4v) is 3.24. The topological polar surface area (TPSA) is 92.8 Å². The molecule has 7 heteroatoms. The summed E-state index contributed by atoms with van der Waals surface area (Å²) in [6.07, 6.45) is 0. The maximum atomic E-state index is 12.8. The second-order valence-electron chi connectivity index (χ2n) is 7.21. The Morgan fingerprint density at radius 3 is 2.45 bits per heavy atom. The zero-order valence-electron chi connectivity index (χ0n) is 16.5. The molecule has 3 rings (SSSR count). The molecular weight excluding hydrogens is 372 g/mol. The van der Waals surface area contributed by atoms with Gasteiger partial charge in [-0.05, 0) is 38.0 Å². The van der Waals surface area contributed by atoms with Crippen molar-refractivity contribution in [3.05, 3.63) is 70.8 Å². The van der Waals surface area contributed by atoms with Crippen molar-refractivity contribution in [3.8, 4) is 0 Å². The third-order valence-corrected chi connectivity index (χ3v) is 4.97. The fourth-order valence-electron chi connectivity index (χ4n) is 3.24. The highest BCUT2D eigenvalue weighted by molar-refractivity contribution is 6.09. The minimum absolute atomic E-state index is 0.342. The molecular formula is C22H22N2O5. The third kappa shape index (κ3) is 4.03. The summed E-state index contributed by atoms with van der Waals surface area (Å²) in [4.78, 5) is 50.4. The molecule has 3 amide bonds. The van der Waals surface area contributed by atoms with E-state index in [0.29, 0.717) is 11.1 Å². The molecule has 1 aliphatic rings. The molecule has 29 heavy (non-hydrogen) atoms. The third-order valence-electron chi connectivity index (χ3n) is 4.97. The summed E-state index contributed by atoms with van der Waals surface area (Å²) in [7, 11) is 0. The quantitative estimate of drug-likeness (QED) is 0.462. The molecule has 2 aromatic rings. The van der Waals surface area contributed by atoms with Gasteiger partial charge in [0.2, 0.25) is 5.78 Å². The number of amides is 3. The lowest BCUT2D eigenvalue weighted by molar-refractivity contribution is -0.146. The molecule has 1 atom stereocenters. The number of ketones is 1. The van der Waals surface area contributed by atoms with Crippen LogP contribution in [0.25, 0.3) is 0 Å². The Bertz CT molecular complexity index is 986. The fraction of sp³-hybridized carbons (Fsp3) is 0.273. The smallest absolute Gasteiger partial charge is 0.326 e. The van der Waals surface area contributed by atoms with Crippen LogP contribution in [-0.4, -0.2) is 41.7 Å². The molecule has 0 saturated carbocycles. The number of nitrogens with one attached hydrogen (secondary N) is 1. The van der Waals surface area contributed by atoms with Crippen molar-refractivity contribution in [2.75, 3.05) is 13.2 Å². The number of nitrogens with zero attached hydrogens (tertiary/aromatic N) is 1. The molecule has 0 aliphatic carbocycles. The van der Waals surface area contributed by atoms with Crippen LogP contribution >= 0.6 is 0 Å². The van der Waals surface area contributed by atoms with Gasteiger partial charge in [-0.1, -0.05) is 48.0 Å². The summed E-state index contributed by atoms with van der Waals surface area (Å²) in [5.41, 5.74) is 1.53. The number of aryl methyl sites for hydroxylation is 2. The Balaban J connectivity index is 1.63. The Hall–Kier alpha value is -3.48. The number of rotatable bonds is 6. The number of carbonyl (C=O) groups is 4. The van der Waals surface area contributed by atoms with E-state index in [4.69, 9.17) is 4.74 Å². The molecule has 0 aromatic heterocycles. The molecule has 2 aromatic carbocycles. The maximum absolute atomic E-state index is 12.8. The standard InChI is InChI=1S/C22H22N2O5/c1-14-9-10-15(2)17(11-14)18(25)13-29-19(26)12-24-20(27)22(3,23-21(24)28)16-7-5-4-6-8-16/h4-11H,12-13H2,1-3H3,(H,23,28)/t22-/m0/s1. The van der Waals surface area contributed by atoms with Gasteiger partial charge in [-0.3, -0.25) is 19.3 Å². The van der Waals surface area contributed by atoms with Crippen LogP contribution < -0.4 is 5.32 Å². The highest BCUT2D eigenvalue weighted by atomic mass is 16.5. The SMILES string of the molecule is Cc1ccc(C)c(C(=O)COC(=O)CN2C(=O)N[C@@](C)(c3ccccc3)C2=O)c1. The van der Waals surface area contributed by atoms with E-state index in [-0.39, 0.29) is 5.78 Å². The Morgan fingerprint density at radius 2 is 1.76 bits per heavy atom. The molecule has 1 fully saturated rings. The largest absolute Gasteiger partial charge is 0.456 e. The first kappa shape index (κ1) is 20.3. The van der Waals surface area contributed by atoms with Crippen molar-refractivity contribution >= 4 is 23.7 Å². The van der Waals surface area contributed by atoms with Crippen LogP contribution in [0.15, 0.2) is 48.5 Å². The monoisotopic (exact) mass is 394 g/mol. The normalized spacial score (nSPS) is 18.5. The summed E-state index contributed by atoms with van der Waals surface area (Å²) in [5.74, 6) is -1.72. The van der Waals surface area contributed by atoms with Crippen molar-refractivity contribution in [1.82, 2.24) is 10.2 Å². The molecule has 1 saturated heterocycles. The van der Waals surface area contributed by atoms with Crippen molar-refractivity contribution < 1.29 is 23.9 Å². The summed E-state index contributed by atoms with van der Waals surface area (Å²) in [6, 6.07) is 13.5. The van der Waals surface area contributed by atoms with Gasteiger partial charge in [-0.15, -0.1) is 0 Å². The van der Waals surface area contributed by atoms with Crippen LogP contribution in [0, 0.1) is 13.8 Å². The number of Topliss-reactive ketones (excluding diaryl/α,β-unsaturated/α-hetero) is 1. The first-order valence-electron chi connectivity index (χ1n) is 9.18. The number of esters is 1. The van der Waals surface area contributed by atoms with Crippen molar-refractivity contribution in [2.45, 2.75) is 26.3 Å². The van der Waals surface area contributed by atoms with Gasteiger partial charge in [0, 0.05) is 5.56 Å². The summed E-state index contributed by atoms with van der Waals surface area (Å²) >= 11 is 0. The van der Waals surface area contributed by atoms with Crippen LogP contribution in [0.4, 0.5) is 4.79 Å². The lowest BCUT2D eigenvalue weighted by Crippen LogP contribution is -2.41. The molecule has 1 N–H and O–H groups in total. The molecule has 1 aliphatic heterocycles. The average Bonchev–Trinajstić information content (AvgIpc) is 2.92. The number of hydrogen-bond donors (Lipinski definition) is 1. The van der Waals surface area contributed by atoms with E-state index in [1.807, 2.05) is 19.1 Å². The number of hydrogen-bond acceptors (Lipinski definition) is 5. The van der Waals surface area contributed by atoms with Crippen LogP contribution in [0.3, 0.4) is 0 Å².